The number of aryl methyl sites for hydroxylation is 1. The van der Waals surface area contributed by atoms with Crippen LogP contribution in [0, 0.1) is 0 Å². The lowest BCUT2D eigenvalue weighted by Crippen LogP contribution is -2.36. The van der Waals surface area contributed by atoms with E-state index in [1.54, 1.807) is 24.3 Å². The Morgan fingerprint density at radius 2 is 1.79 bits per heavy atom. The first kappa shape index (κ1) is 20.6. The van der Waals surface area contributed by atoms with Crippen molar-refractivity contribution in [1.82, 2.24) is 5.32 Å². The lowest BCUT2D eigenvalue weighted by atomic mass is 9.95. The van der Waals surface area contributed by atoms with Crippen molar-refractivity contribution in [2.75, 3.05) is 16.8 Å². The Bertz CT molecular complexity index is 1060. The summed E-state index contributed by atoms with van der Waals surface area (Å²) in [7, 11) is -3.08. The number of carbonyl (C=O) groups excluding carboxylic acids is 2. The highest BCUT2D eigenvalue weighted by Gasteiger charge is 2.32. The van der Waals surface area contributed by atoms with Gasteiger partial charge in [-0.25, -0.2) is 8.42 Å². The second-order valence-electron chi connectivity index (χ2n) is 7.45. The highest BCUT2D eigenvalue weighted by atomic mass is 79.9. The van der Waals surface area contributed by atoms with Crippen LogP contribution in [0.1, 0.15) is 50.4 Å². The predicted octanol–water partition coefficient (Wildman–Crippen LogP) is 3.56. The van der Waals surface area contributed by atoms with Crippen LogP contribution >= 0.6 is 27.3 Å². The summed E-state index contributed by atoms with van der Waals surface area (Å²) in [5.41, 5.74) is 2.00. The molecule has 1 fully saturated rings. The summed E-state index contributed by atoms with van der Waals surface area (Å²) in [4.78, 5) is 26.9. The van der Waals surface area contributed by atoms with Crippen molar-refractivity contribution < 1.29 is 18.0 Å². The van der Waals surface area contributed by atoms with Gasteiger partial charge in [0.25, 0.3) is 11.8 Å². The van der Waals surface area contributed by atoms with Gasteiger partial charge in [0.15, 0.2) is 9.84 Å². The molecule has 2 amide bonds. The van der Waals surface area contributed by atoms with Gasteiger partial charge in [-0.2, -0.15) is 0 Å². The van der Waals surface area contributed by atoms with Crippen molar-refractivity contribution >= 4 is 53.9 Å². The van der Waals surface area contributed by atoms with Crippen molar-refractivity contribution in [2.45, 2.75) is 38.1 Å². The predicted molar refractivity (Wildman–Crippen MR) is 118 cm³/mol. The molecule has 1 aliphatic heterocycles. The highest BCUT2D eigenvalue weighted by Crippen LogP contribution is 2.38. The molecule has 1 aromatic heterocycles. The van der Waals surface area contributed by atoms with Gasteiger partial charge in [-0.05, 0) is 61.9 Å². The summed E-state index contributed by atoms with van der Waals surface area (Å²) >= 11 is 4.81. The maximum Gasteiger partial charge on any atom is 0.256 e. The molecule has 1 atom stereocenters. The van der Waals surface area contributed by atoms with Crippen molar-refractivity contribution in [1.29, 1.82) is 0 Å². The number of halogens is 1. The zero-order valence-electron chi connectivity index (χ0n) is 15.7. The first-order valence-electron chi connectivity index (χ1n) is 9.55. The molecule has 0 saturated carbocycles. The number of benzene rings is 1. The van der Waals surface area contributed by atoms with Crippen molar-refractivity contribution in [2.24, 2.45) is 0 Å². The third-order valence-electron chi connectivity index (χ3n) is 5.30. The lowest BCUT2D eigenvalue weighted by molar-refractivity contribution is 0.0941. The summed E-state index contributed by atoms with van der Waals surface area (Å²) < 4.78 is 24.3. The Morgan fingerprint density at radius 3 is 2.48 bits per heavy atom. The van der Waals surface area contributed by atoms with Gasteiger partial charge in [0.1, 0.15) is 5.00 Å². The standard InChI is InChI=1S/C20H21BrN2O4S2/c21-13-7-5-12(6-8-13)18(24)23-20-17(15-3-1-2-4-16(15)28-20)19(25)22-14-9-10-29(26,27)11-14/h5-8,14H,1-4,9-11H2,(H,22,25)(H,23,24)/t14-/m1/s1. The normalized spacial score (nSPS) is 20.1. The van der Waals surface area contributed by atoms with Crippen LogP contribution in [-0.4, -0.2) is 37.8 Å². The molecular formula is C20H21BrN2O4S2. The average molecular weight is 497 g/mol. The zero-order chi connectivity index (χ0) is 20.6. The summed E-state index contributed by atoms with van der Waals surface area (Å²) in [5, 5.41) is 6.33. The van der Waals surface area contributed by atoms with Crippen LogP contribution in [0.5, 0.6) is 0 Å². The van der Waals surface area contributed by atoms with Crippen molar-refractivity contribution in [3.63, 3.8) is 0 Å². The Morgan fingerprint density at radius 1 is 1.07 bits per heavy atom. The van der Waals surface area contributed by atoms with E-state index in [-0.39, 0.29) is 29.4 Å². The van der Waals surface area contributed by atoms with E-state index in [9.17, 15) is 18.0 Å². The first-order chi connectivity index (χ1) is 13.8. The smallest absolute Gasteiger partial charge is 0.256 e. The van der Waals surface area contributed by atoms with E-state index in [0.717, 1.165) is 40.6 Å². The Kier molecular flexibility index (Phi) is 5.81. The van der Waals surface area contributed by atoms with Crippen LogP contribution in [0.3, 0.4) is 0 Å². The fraction of sp³-hybridized carbons (Fsp3) is 0.400. The molecular weight excluding hydrogens is 476 g/mol. The Labute approximate surface area is 182 Å². The summed E-state index contributed by atoms with van der Waals surface area (Å²) in [6.45, 7) is 0. The zero-order valence-corrected chi connectivity index (χ0v) is 18.9. The highest BCUT2D eigenvalue weighted by molar-refractivity contribution is 9.10. The van der Waals surface area contributed by atoms with E-state index in [2.05, 4.69) is 26.6 Å². The molecule has 29 heavy (non-hydrogen) atoms. The molecule has 0 bridgehead atoms. The van der Waals surface area contributed by atoms with Crippen molar-refractivity contribution in [3.8, 4) is 0 Å². The average Bonchev–Trinajstić information content (AvgIpc) is 3.21. The number of hydrogen-bond donors (Lipinski definition) is 2. The van der Waals surface area contributed by atoms with Crippen LogP contribution in [0.25, 0.3) is 0 Å². The van der Waals surface area contributed by atoms with Crippen LogP contribution in [0.15, 0.2) is 28.7 Å². The van der Waals surface area contributed by atoms with Gasteiger partial charge in [0.2, 0.25) is 0 Å². The fourth-order valence-corrected chi connectivity index (χ4v) is 7.06. The molecule has 2 heterocycles. The van der Waals surface area contributed by atoms with Gasteiger partial charge in [0.05, 0.1) is 17.1 Å². The number of nitrogens with one attached hydrogen (secondary N) is 2. The van der Waals surface area contributed by atoms with E-state index < -0.39 is 9.84 Å². The number of amides is 2. The van der Waals surface area contributed by atoms with E-state index in [0.29, 0.717) is 22.5 Å². The summed E-state index contributed by atoms with van der Waals surface area (Å²) in [5.74, 6) is -0.482. The van der Waals surface area contributed by atoms with E-state index >= 15 is 0 Å². The molecule has 0 spiro atoms. The molecule has 0 unspecified atom stereocenters. The molecule has 4 rings (SSSR count). The van der Waals surface area contributed by atoms with Crippen LogP contribution in [0.2, 0.25) is 0 Å². The fourth-order valence-electron chi connectivity index (χ4n) is 3.84. The first-order valence-corrected chi connectivity index (χ1v) is 13.0. The lowest BCUT2D eigenvalue weighted by Gasteiger charge is -2.15. The summed E-state index contributed by atoms with van der Waals surface area (Å²) in [6.07, 6.45) is 4.19. The molecule has 154 valence electrons. The molecule has 2 aliphatic rings. The maximum absolute atomic E-state index is 13.1. The molecule has 9 heteroatoms. The number of rotatable bonds is 4. The van der Waals surface area contributed by atoms with Crippen molar-refractivity contribution in [3.05, 3.63) is 50.3 Å². The van der Waals surface area contributed by atoms with Gasteiger partial charge in [-0.1, -0.05) is 15.9 Å². The van der Waals surface area contributed by atoms with E-state index in [1.165, 1.54) is 11.3 Å². The second kappa shape index (κ2) is 8.20. The van der Waals surface area contributed by atoms with Gasteiger partial charge >= 0.3 is 0 Å². The van der Waals surface area contributed by atoms with Gasteiger partial charge < -0.3 is 10.6 Å². The Balaban J connectivity index is 1.60. The van der Waals surface area contributed by atoms with Gasteiger partial charge in [-0.15, -0.1) is 11.3 Å². The Hall–Kier alpha value is -1.71. The number of hydrogen-bond acceptors (Lipinski definition) is 5. The minimum absolute atomic E-state index is 0.0222. The van der Waals surface area contributed by atoms with E-state index in [1.807, 2.05) is 0 Å². The SMILES string of the molecule is O=C(Nc1sc2c(c1C(=O)N[C@@H]1CCS(=O)(=O)C1)CCCC2)c1ccc(Br)cc1. The molecule has 2 aromatic rings. The quantitative estimate of drug-likeness (QED) is 0.676. The van der Waals surface area contributed by atoms with Gasteiger partial charge in [-0.3, -0.25) is 9.59 Å². The van der Waals surface area contributed by atoms with Crippen LogP contribution in [-0.2, 0) is 22.7 Å². The monoisotopic (exact) mass is 496 g/mol. The molecule has 6 nitrogen and oxygen atoms in total. The molecule has 1 saturated heterocycles. The minimum atomic E-state index is -3.08. The minimum Gasteiger partial charge on any atom is -0.348 e. The second-order valence-corrected chi connectivity index (χ2v) is 11.7. The molecule has 0 radical (unpaired) electrons. The summed E-state index contributed by atoms with van der Waals surface area (Å²) in [6, 6.07) is 6.65. The number of thiophene rings is 1. The third kappa shape index (κ3) is 4.57. The largest absolute Gasteiger partial charge is 0.348 e. The molecule has 1 aliphatic carbocycles. The van der Waals surface area contributed by atoms with Crippen LogP contribution < -0.4 is 10.6 Å². The topological polar surface area (TPSA) is 92.3 Å². The number of carbonyl (C=O) groups is 2. The number of sulfone groups is 1. The molecule has 2 N–H and O–H groups in total. The van der Waals surface area contributed by atoms with Gasteiger partial charge in [0, 0.05) is 21.0 Å². The maximum atomic E-state index is 13.1. The number of fused-ring (bicyclic) bond motifs is 1. The molecule has 1 aromatic carbocycles. The third-order valence-corrected chi connectivity index (χ3v) is 8.80. The van der Waals surface area contributed by atoms with E-state index in [4.69, 9.17) is 0 Å². The number of anilines is 1. The van der Waals surface area contributed by atoms with Crippen LogP contribution in [0.4, 0.5) is 5.00 Å².